The summed E-state index contributed by atoms with van der Waals surface area (Å²) in [5, 5.41) is 12.6. The number of hydrogen-bond acceptors (Lipinski definition) is 12. The largest absolute Gasteiger partial charge is 0.497 e. The molecule has 4 rings (SSSR count). The Morgan fingerprint density at radius 1 is 0.711 bits per heavy atom. The van der Waals surface area contributed by atoms with Crippen LogP contribution in [0.15, 0.2) is 72.8 Å². The normalized spacial score (nSPS) is 10.6. The molecular weight excluding hydrogens is 576 g/mol. The van der Waals surface area contributed by atoms with Crippen molar-refractivity contribution in [3.05, 3.63) is 89.5 Å². The second kappa shape index (κ2) is 18.0. The number of amides is 1. The van der Waals surface area contributed by atoms with Crippen molar-refractivity contribution in [2.45, 2.75) is 13.1 Å². The minimum Gasteiger partial charge on any atom is -0.497 e. The van der Waals surface area contributed by atoms with Gasteiger partial charge >= 0.3 is 0 Å². The maximum atomic E-state index is 12.7. The third-order valence-electron chi connectivity index (χ3n) is 6.40. The van der Waals surface area contributed by atoms with Gasteiger partial charge in [0.15, 0.2) is 0 Å². The van der Waals surface area contributed by atoms with Crippen molar-refractivity contribution in [3.63, 3.8) is 0 Å². The third-order valence-corrected chi connectivity index (χ3v) is 6.40. The van der Waals surface area contributed by atoms with E-state index in [1.54, 1.807) is 32.4 Å². The molecule has 13 nitrogen and oxygen atoms in total. The van der Waals surface area contributed by atoms with Crippen LogP contribution in [-0.2, 0) is 22.6 Å². The Balaban J connectivity index is 1.41. The summed E-state index contributed by atoms with van der Waals surface area (Å²) in [6.45, 7) is 3.60. The van der Waals surface area contributed by atoms with Gasteiger partial charge in [-0.3, -0.25) is 4.79 Å². The van der Waals surface area contributed by atoms with E-state index in [1.165, 1.54) is 0 Å². The van der Waals surface area contributed by atoms with Crippen molar-refractivity contribution in [1.29, 1.82) is 0 Å². The summed E-state index contributed by atoms with van der Waals surface area (Å²) >= 11 is 0. The number of methoxy groups -OCH3 is 2. The molecule has 6 N–H and O–H groups in total. The van der Waals surface area contributed by atoms with E-state index >= 15 is 0 Å². The van der Waals surface area contributed by atoms with Gasteiger partial charge in [-0.2, -0.15) is 15.0 Å². The van der Waals surface area contributed by atoms with Crippen LogP contribution < -0.4 is 36.5 Å². The number of ether oxygens (including phenoxy) is 4. The van der Waals surface area contributed by atoms with Gasteiger partial charge in [-0.1, -0.05) is 30.3 Å². The predicted molar refractivity (Wildman–Crippen MR) is 173 cm³/mol. The highest BCUT2D eigenvalue weighted by Crippen LogP contribution is 2.19. The van der Waals surface area contributed by atoms with Crippen LogP contribution in [0.25, 0.3) is 0 Å². The minimum absolute atomic E-state index is 0.221. The van der Waals surface area contributed by atoms with Crippen molar-refractivity contribution >= 4 is 29.4 Å². The number of hydrogen-bond donors (Lipinski definition) is 5. The van der Waals surface area contributed by atoms with Gasteiger partial charge in [-0.05, 0) is 53.6 Å². The lowest BCUT2D eigenvalue weighted by Gasteiger charge is -2.13. The van der Waals surface area contributed by atoms with E-state index in [0.717, 1.165) is 22.6 Å². The van der Waals surface area contributed by atoms with Crippen molar-refractivity contribution in [2.24, 2.45) is 5.73 Å². The lowest BCUT2D eigenvalue weighted by atomic mass is 10.2. The predicted octanol–water partition coefficient (Wildman–Crippen LogP) is 3.58. The van der Waals surface area contributed by atoms with Crippen molar-refractivity contribution in [3.8, 4) is 11.5 Å². The molecule has 13 heteroatoms. The number of carbonyl (C=O) groups excluding carboxylic acids is 1. The first-order chi connectivity index (χ1) is 22.1. The van der Waals surface area contributed by atoms with Crippen molar-refractivity contribution < 1.29 is 23.7 Å². The van der Waals surface area contributed by atoms with E-state index in [1.807, 2.05) is 54.6 Å². The van der Waals surface area contributed by atoms with Gasteiger partial charge in [-0.25, -0.2) is 0 Å². The molecule has 0 unspecified atom stereocenters. The van der Waals surface area contributed by atoms with Crippen LogP contribution in [0.4, 0.5) is 23.5 Å². The van der Waals surface area contributed by atoms with E-state index in [-0.39, 0.29) is 5.91 Å². The van der Waals surface area contributed by atoms with Gasteiger partial charge in [0.1, 0.15) is 11.5 Å². The highest BCUT2D eigenvalue weighted by atomic mass is 16.5. The maximum absolute atomic E-state index is 12.7. The summed E-state index contributed by atoms with van der Waals surface area (Å²) in [6, 6.07) is 22.6. The van der Waals surface area contributed by atoms with Gasteiger partial charge in [0.05, 0.1) is 40.6 Å². The summed E-state index contributed by atoms with van der Waals surface area (Å²) in [5.74, 6) is 2.40. The number of nitrogens with two attached hydrogens (primary N) is 1. The van der Waals surface area contributed by atoms with E-state index in [0.29, 0.717) is 81.7 Å². The van der Waals surface area contributed by atoms with Crippen molar-refractivity contribution in [2.75, 3.05) is 69.7 Å². The fourth-order valence-electron chi connectivity index (χ4n) is 4.05. The number of nitrogens with zero attached hydrogens (tertiary/aromatic N) is 3. The smallest absolute Gasteiger partial charge is 0.251 e. The minimum atomic E-state index is -0.221. The Kier molecular flexibility index (Phi) is 13.1. The average molecular weight is 617 g/mol. The van der Waals surface area contributed by atoms with E-state index in [4.69, 9.17) is 24.7 Å². The highest BCUT2D eigenvalue weighted by molar-refractivity contribution is 5.95. The molecule has 0 bridgehead atoms. The molecule has 238 valence electrons. The molecule has 1 amide bonds. The Bertz CT molecular complexity index is 1400. The second-order valence-corrected chi connectivity index (χ2v) is 9.68. The highest BCUT2D eigenvalue weighted by Gasteiger charge is 2.10. The monoisotopic (exact) mass is 616 g/mol. The van der Waals surface area contributed by atoms with Crippen LogP contribution in [0, 0.1) is 0 Å². The van der Waals surface area contributed by atoms with Crippen LogP contribution >= 0.6 is 0 Å². The first-order valence-corrected chi connectivity index (χ1v) is 14.6. The fourth-order valence-corrected chi connectivity index (χ4v) is 4.05. The third kappa shape index (κ3) is 11.2. The Labute approximate surface area is 262 Å². The van der Waals surface area contributed by atoms with Crippen LogP contribution in [-0.4, -0.2) is 74.6 Å². The van der Waals surface area contributed by atoms with Crippen LogP contribution in [0.3, 0.4) is 0 Å². The van der Waals surface area contributed by atoms with Gasteiger partial charge in [0.2, 0.25) is 17.8 Å². The van der Waals surface area contributed by atoms with Gasteiger partial charge in [0.25, 0.3) is 5.91 Å². The lowest BCUT2D eigenvalue weighted by molar-refractivity contribution is 0.0511. The molecule has 0 saturated heterocycles. The number of carbonyl (C=O) groups is 1. The molecule has 1 heterocycles. The lowest BCUT2D eigenvalue weighted by Crippen LogP contribution is -2.27. The van der Waals surface area contributed by atoms with Crippen molar-refractivity contribution in [1.82, 2.24) is 20.3 Å². The molecule has 0 aliphatic rings. The SMILES string of the molecule is COc1ccc(CNc2nc(NCc3ccc(OC)cc3)nc(Nc3cccc(C(=O)NCCOCCOCCN)c3)n2)cc1. The summed E-state index contributed by atoms with van der Waals surface area (Å²) in [7, 11) is 3.27. The zero-order valence-corrected chi connectivity index (χ0v) is 25.5. The van der Waals surface area contributed by atoms with Crippen LogP contribution in [0.5, 0.6) is 11.5 Å². The summed E-state index contributed by atoms with van der Waals surface area (Å²) in [5.41, 5.74) is 8.57. The summed E-state index contributed by atoms with van der Waals surface area (Å²) in [6.07, 6.45) is 0. The molecule has 1 aromatic heterocycles. The summed E-state index contributed by atoms with van der Waals surface area (Å²) in [4.78, 5) is 26.4. The Morgan fingerprint density at radius 2 is 1.27 bits per heavy atom. The summed E-state index contributed by atoms with van der Waals surface area (Å²) < 4.78 is 21.2. The average Bonchev–Trinajstić information content (AvgIpc) is 3.08. The molecular formula is C32H40N8O5. The molecule has 4 aromatic rings. The number of aromatic nitrogens is 3. The second-order valence-electron chi connectivity index (χ2n) is 9.68. The maximum Gasteiger partial charge on any atom is 0.251 e. The van der Waals surface area contributed by atoms with E-state index in [9.17, 15) is 4.79 Å². The molecule has 0 radical (unpaired) electrons. The number of anilines is 4. The van der Waals surface area contributed by atoms with Gasteiger partial charge in [0, 0.05) is 37.4 Å². The first-order valence-electron chi connectivity index (χ1n) is 14.6. The molecule has 0 aliphatic heterocycles. The first kappa shape index (κ1) is 32.9. The van der Waals surface area contributed by atoms with E-state index in [2.05, 4.69) is 36.2 Å². The van der Waals surface area contributed by atoms with E-state index < -0.39 is 0 Å². The Hall–Kier alpha value is -4.98. The molecule has 45 heavy (non-hydrogen) atoms. The Morgan fingerprint density at radius 3 is 1.82 bits per heavy atom. The number of benzene rings is 3. The van der Waals surface area contributed by atoms with Gasteiger partial charge in [-0.15, -0.1) is 0 Å². The molecule has 0 atom stereocenters. The topological polar surface area (TPSA) is 167 Å². The van der Waals surface area contributed by atoms with Crippen LogP contribution in [0.1, 0.15) is 21.5 Å². The molecule has 0 spiro atoms. The fraction of sp³-hybridized carbons (Fsp3) is 0.312. The quantitative estimate of drug-likeness (QED) is 0.0974. The number of nitrogens with one attached hydrogen (secondary N) is 4. The van der Waals surface area contributed by atoms with Gasteiger partial charge < -0.3 is 45.9 Å². The zero-order valence-electron chi connectivity index (χ0n) is 25.5. The molecule has 3 aromatic carbocycles. The number of rotatable bonds is 19. The van der Waals surface area contributed by atoms with Crippen LogP contribution in [0.2, 0.25) is 0 Å². The zero-order chi connectivity index (χ0) is 31.7. The molecule has 0 saturated carbocycles. The molecule has 0 fully saturated rings. The standard InChI is InChI=1S/C32H40N8O5/c1-42-27-10-6-23(7-11-27)21-35-30-38-31(36-22-24-8-12-28(43-2)13-9-24)40-32(39-30)37-26-5-3-4-25(20-26)29(41)34-15-17-45-19-18-44-16-14-33/h3-13,20H,14-19,21-22,33H2,1-2H3,(H,34,41)(H3,35,36,37,38,39,40). The molecule has 0 aliphatic carbocycles.